The van der Waals surface area contributed by atoms with Crippen molar-refractivity contribution in [1.29, 1.82) is 0 Å². The molecule has 0 spiro atoms. The summed E-state index contributed by atoms with van der Waals surface area (Å²) >= 11 is 0. The van der Waals surface area contributed by atoms with E-state index in [1.165, 1.54) is 0 Å². The molecule has 62 valence electrons. The lowest BCUT2D eigenvalue weighted by Crippen LogP contribution is -2.21. The smallest absolute Gasteiger partial charge is 0.0359 e. The molecule has 2 nitrogen and oxygen atoms in total. The fourth-order valence-corrected chi connectivity index (χ4v) is 1.29. The van der Waals surface area contributed by atoms with Crippen molar-refractivity contribution in [2.45, 2.75) is 20.3 Å². The summed E-state index contributed by atoms with van der Waals surface area (Å²) in [6.07, 6.45) is 1.15. The van der Waals surface area contributed by atoms with Crippen molar-refractivity contribution in [3.8, 4) is 0 Å². The second-order valence-electron chi connectivity index (χ2n) is 2.18. The van der Waals surface area contributed by atoms with Crippen molar-refractivity contribution in [2.75, 3.05) is 24.6 Å². The highest BCUT2D eigenvalue weighted by atomic mass is 32.2. The third-order valence-corrected chi connectivity index (χ3v) is 2.56. The van der Waals surface area contributed by atoms with Gasteiger partial charge in [0, 0.05) is 28.9 Å². The van der Waals surface area contributed by atoms with Gasteiger partial charge in [-0.2, -0.15) is 0 Å². The third kappa shape index (κ3) is 6.23. The number of hydrogen-bond donors (Lipinski definition) is 1. The summed E-state index contributed by atoms with van der Waals surface area (Å²) < 4.78 is 10.8. The van der Waals surface area contributed by atoms with Gasteiger partial charge < -0.3 is 5.32 Å². The zero-order valence-corrected chi connectivity index (χ0v) is 7.67. The highest BCUT2D eigenvalue weighted by Crippen LogP contribution is 1.79. The van der Waals surface area contributed by atoms with Crippen LogP contribution in [0.4, 0.5) is 0 Å². The van der Waals surface area contributed by atoms with Gasteiger partial charge in [0.25, 0.3) is 0 Å². The summed E-state index contributed by atoms with van der Waals surface area (Å²) in [5.74, 6) is 1.59. The van der Waals surface area contributed by atoms with Gasteiger partial charge in [0.1, 0.15) is 0 Å². The maximum absolute atomic E-state index is 10.8. The van der Waals surface area contributed by atoms with Crippen LogP contribution < -0.4 is 5.32 Å². The average molecular weight is 163 g/mol. The molecular formula is C7H17NOS. The van der Waals surface area contributed by atoms with Gasteiger partial charge in [-0.25, -0.2) is 0 Å². The fraction of sp³-hybridized carbons (Fsp3) is 1.00. The first kappa shape index (κ1) is 10.1. The lowest BCUT2D eigenvalue weighted by atomic mass is 10.5. The maximum Gasteiger partial charge on any atom is 0.0359 e. The van der Waals surface area contributed by atoms with Gasteiger partial charge in [-0.3, -0.25) is 4.21 Å². The van der Waals surface area contributed by atoms with E-state index in [9.17, 15) is 4.21 Å². The molecule has 0 bridgehead atoms. The maximum atomic E-state index is 10.8. The summed E-state index contributed by atoms with van der Waals surface area (Å²) in [5, 5.41) is 3.21. The van der Waals surface area contributed by atoms with Crippen LogP contribution in [-0.4, -0.2) is 28.8 Å². The summed E-state index contributed by atoms with van der Waals surface area (Å²) in [6, 6.07) is 0. The van der Waals surface area contributed by atoms with Gasteiger partial charge in [-0.05, 0) is 13.0 Å². The van der Waals surface area contributed by atoms with Crippen LogP contribution in [0.2, 0.25) is 0 Å². The first-order chi connectivity index (χ1) is 4.81. The molecule has 0 aliphatic carbocycles. The molecule has 1 N–H and O–H groups in total. The Hall–Kier alpha value is 0.110. The second-order valence-corrected chi connectivity index (χ2v) is 4.05. The topological polar surface area (TPSA) is 29.1 Å². The van der Waals surface area contributed by atoms with Crippen molar-refractivity contribution in [1.82, 2.24) is 5.32 Å². The first-order valence-corrected chi connectivity index (χ1v) is 5.35. The molecule has 0 saturated carbocycles. The van der Waals surface area contributed by atoms with E-state index in [-0.39, 0.29) is 0 Å². The van der Waals surface area contributed by atoms with Gasteiger partial charge in [0.2, 0.25) is 0 Å². The standard InChI is InChI=1S/C7H17NOS/c1-3-5-8-6-7-10(9)4-2/h8H,3-7H2,1-2H3. The minimum absolute atomic E-state index is 0.593. The molecule has 0 heterocycles. The molecule has 3 heteroatoms. The SMILES string of the molecule is CCCNCCS(=O)CC. The number of rotatable bonds is 6. The molecule has 0 rings (SSSR count). The molecule has 0 fully saturated rings. The summed E-state index contributed by atoms with van der Waals surface area (Å²) in [5.41, 5.74) is 0. The molecule has 1 unspecified atom stereocenters. The molecule has 0 aromatic heterocycles. The Kier molecular flexibility index (Phi) is 7.30. The molecule has 1 atom stereocenters. The van der Waals surface area contributed by atoms with Crippen LogP contribution in [0.1, 0.15) is 20.3 Å². The average Bonchev–Trinajstić information content (AvgIpc) is 1.98. The fourth-order valence-electron chi connectivity index (χ4n) is 0.632. The second kappa shape index (κ2) is 7.22. The van der Waals surface area contributed by atoms with Crippen LogP contribution in [0.15, 0.2) is 0 Å². The quantitative estimate of drug-likeness (QED) is 0.586. The van der Waals surface area contributed by atoms with Crippen LogP contribution in [0.25, 0.3) is 0 Å². The van der Waals surface area contributed by atoms with Crippen molar-refractivity contribution in [3.63, 3.8) is 0 Å². The Morgan fingerprint density at radius 2 is 2.00 bits per heavy atom. The molecule has 0 aliphatic heterocycles. The molecule has 0 radical (unpaired) electrons. The van der Waals surface area contributed by atoms with Crippen LogP contribution in [0.3, 0.4) is 0 Å². The molecule has 0 aromatic carbocycles. The van der Waals surface area contributed by atoms with Gasteiger partial charge in [-0.1, -0.05) is 13.8 Å². The highest BCUT2D eigenvalue weighted by molar-refractivity contribution is 7.84. The van der Waals surface area contributed by atoms with Crippen molar-refractivity contribution in [3.05, 3.63) is 0 Å². The Labute approximate surface area is 65.9 Å². The van der Waals surface area contributed by atoms with Crippen LogP contribution in [0, 0.1) is 0 Å². The highest BCUT2D eigenvalue weighted by Gasteiger charge is 1.92. The van der Waals surface area contributed by atoms with Crippen molar-refractivity contribution >= 4 is 10.8 Å². The minimum Gasteiger partial charge on any atom is -0.316 e. The van der Waals surface area contributed by atoms with E-state index in [1.54, 1.807) is 0 Å². The largest absolute Gasteiger partial charge is 0.316 e. The zero-order valence-electron chi connectivity index (χ0n) is 6.85. The Morgan fingerprint density at radius 3 is 2.50 bits per heavy atom. The van der Waals surface area contributed by atoms with E-state index in [4.69, 9.17) is 0 Å². The van der Waals surface area contributed by atoms with Gasteiger partial charge in [0.15, 0.2) is 0 Å². The van der Waals surface area contributed by atoms with E-state index in [1.807, 2.05) is 6.92 Å². The predicted molar refractivity (Wildman–Crippen MR) is 46.7 cm³/mol. The lowest BCUT2D eigenvalue weighted by Gasteiger charge is -2.00. The zero-order chi connectivity index (χ0) is 7.82. The lowest BCUT2D eigenvalue weighted by molar-refractivity contribution is 0.670. The van der Waals surface area contributed by atoms with Gasteiger partial charge in [0.05, 0.1) is 0 Å². The van der Waals surface area contributed by atoms with E-state index >= 15 is 0 Å². The van der Waals surface area contributed by atoms with E-state index in [2.05, 4.69) is 12.2 Å². The van der Waals surface area contributed by atoms with Crippen LogP contribution in [0.5, 0.6) is 0 Å². The van der Waals surface area contributed by atoms with E-state index < -0.39 is 10.8 Å². The molecule has 0 amide bonds. The Balaban J connectivity index is 2.96. The number of nitrogens with one attached hydrogen (secondary N) is 1. The van der Waals surface area contributed by atoms with E-state index in [0.29, 0.717) is 0 Å². The normalized spacial score (nSPS) is 13.4. The molecular weight excluding hydrogens is 146 g/mol. The predicted octanol–water partition coefficient (Wildman–Crippen LogP) is 0.755. The minimum atomic E-state index is -0.593. The van der Waals surface area contributed by atoms with Gasteiger partial charge >= 0.3 is 0 Å². The molecule has 0 aliphatic rings. The van der Waals surface area contributed by atoms with Crippen molar-refractivity contribution < 1.29 is 4.21 Å². The first-order valence-electron chi connectivity index (χ1n) is 3.87. The third-order valence-electron chi connectivity index (χ3n) is 1.26. The monoisotopic (exact) mass is 163 g/mol. The van der Waals surface area contributed by atoms with E-state index in [0.717, 1.165) is 31.0 Å². The van der Waals surface area contributed by atoms with Crippen LogP contribution in [-0.2, 0) is 10.8 Å². The molecule has 0 aromatic rings. The molecule has 0 saturated heterocycles. The Bertz CT molecular complexity index is 95.6. The number of hydrogen-bond acceptors (Lipinski definition) is 2. The summed E-state index contributed by atoms with van der Waals surface area (Å²) in [7, 11) is -0.593. The Morgan fingerprint density at radius 1 is 1.30 bits per heavy atom. The molecule has 10 heavy (non-hydrogen) atoms. The van der Waals surface area contributed by atoms with Crippen LogP contribution >= 0.6 is 0 Å². The van der Waals surface area contributed by atoms with Crippen molar-refractivity contribution in [2.24, 2.45) is 0 Å². The summed E-state index contributed by atoms with van der Waals surface area (Å²) in [6.45, 7) is 6.02. The summed E-state index contributed by atoms with van der Waals surface area (Å²) in [4.78, 5) is 0. The van der Waals surface area contributed by atoms with Gasteiger partial charge in [-0.15, -0.1) is 0 Å².